The van der Waals surface area contributed by atoms with Crippen LogP contribution in [-0.4, -0.2) is 74.5 Å². The molecule has 0 saturated carbocycles. The largest absolute Gasteiger partial charge is 0.481 e. The number of carbonyl (C=O) groups excluding carboxylic acids is 3. The molecule has 0 saturated heterocycles. The van der Waals surface area contributed by atoms with Crippen molar-refractivity contribution in [3.05, 3.63) is 18.2 Å². The van der Waals surface area contributed by atoms with Crippen LogP contribution in [0.25, 0.3) is 0 Å². The van der Waals surface area contributed by atoms with Gasteiger partial charge in [-0.1, -0.05) is 0 Å². The molecule has 0 aliphatic heterocycles. The van der Waals surface area contributed by atoms with E-state index in [4.69, 9.17) is 15.9 Å². The zero-order chi connectivity index (χ0) is 21.3. The van der Waals surface area contributed by atoms with Crippen molar-refractivity contribution in [3.63, 3.8) is 0 Å². The van der Waals surface area contributed by atoms with Crippen LogP contribution in [0.15, 0.2) is 12.5 Å². The maximum atomic E-state index is 12.1. The van der Waals surface area contributed by atoms with E-state index in [9.17, 15) is 24.0 Å². The SMILES string of the molecule is CC(NC(=O)CNC(=O)C(CC(=O)O)NC(=O)C(N)Cc1cnc[nH]1)C(=O)O. The number of carboxylic acids is 2. The Labute approximate surface area is 159 Å². The standard InChI is InChI=1S/C15H22N6O7/c1-7(15(27)28)20-11(22)5-18-14(26)10(3-12(23)24)21-13(25)9(16)2-8-4-17-6-19-8/h4,6-7,9-10H,2-3,5,16H2,1H3,(H,17,19)(H,18,26)(H,20,22)(H,21,25)(H,23,24)(H,27,28). The Bertz CT molecular complexity index is 720. The number of imidazole rings is 1. The number of carbonyl (C=O) groups is 5. The third-order valence-electron chi connectivity index (χ3n) is 3.51. The monoisotopic (exact) mass is 398 g/mol. The number of rotatable bonds is 11. The van der Waals surface area contributed by atoms with Crippen molar-refractivity contribution in [1.29, 1.82) is 0 Å². The van der Waals surface area contributed by atoms with E-state index in [0.29, 0.717) is 5.69 Å². The average molecular weight is 398 g/mol. The van der Waals surface area contributed by atoms with Gasteiger partial charge in [-0.3, -0.25) is 24.0 Å². The van der Waals surface area contributed by atoms with Gasteiger partial charge < -0.3 is 36.9 Å². The number of nitrogens with zero attached hydrogens (tertiary/aromatic N) is 1. The van der Waals surface area contributed by atoms with Crippen molar-refractivity contribution < 1.29 is 34.2 Å². The minimum Gasteiger partial charge on any atom is -0.481 e. The molecule has 13 heteroatoms. The van der Waals surface area contributed by atoms with E-state index in [-0.39, 0.29) is 6.42 Å². The van der Waals surface area contributed by atoms with E-state index in [0.717, 1.165) is 0 Å². The number of aliphatic carboxylic acids is 2. The third kappa shape index (κ3) is 7.82. The highest BCUT2D eigenvalue weighted by molar-refractivity contribution is 5.94. The average Bonchev–Trinajstić information content (AvgIpc) is 3.11. The van der Waals surface area contributed by atoms with Gasteiger partial charge in [0.05, 0.1) is 25.3 Å². The van der Waals surface area contributed by atoms with E-state index < -0.39 is 60.8 Å². The Kier molecular flexibility index (Phi) is 8.55. The first-order chi connectivity index (χ1) is 13.1. The molecule has 0 bridgehead atoms. The van der Waals surface area contributed by atoms with Crippen LogP contribution in [0, 0.1) is 0 Å². The van der Waals surface area contributed by atoms with Gasteiger partial charge in [-0.2, -0.15) is 0 Å². The van der Waals surface area contributed by atoms with Gasteiger partial charge in [-0.05, 0) is 6.92 Å². The summed E-state index contributed by atoms with van der Waals surface area (Å²) in [6.07, 6.45) is 2.21. The molecule has 1 aromatic rings. The molecule has 1 rings (SSSR count). The summed E-state index contributed by atoms with van der Waals surface area (Å²) in [6, 6.07) is -3.70. The molecule has 0 spiro atoms. The van der Waals surface area contributed by atoms with E-state index in [1.165, 1.54) is 19.4 Å². The molecule has 3 unspecified atom stereocenters. The third-order valence-corrected chi connectivity index (χ3v) is 3.51. The zero-order valence-corrected chi connectivity index (χ0v) is 15.0. The van der Waals surface area contributed by atoms with Crippen molar-refractivity contribution in [2.24, 2.45) is 5.73 Å². The minimum atomic E-state index is -1.47. The first kappa shape index (κ1) is 22.6. The van der Waals surface area contributed by atoms with Crippen LogP contribution in [0.3, 0.4) is 0 Å². The van der Waals surface area contributed by atoms with Crippen molar-refractivity contribution in [1.82, 2.24) is 25.9 Å². The molecular weight excluding hydrogens is 376 g/mol. The van der Waals surface area contributed by atoms with Crippen molar-refractivity contribution >= 4 is 29.7 Å². The fourth-order valence-corrected chi connectivity index (χ4v) is 2.03. The van der Waals surface area contributed by atoms with Crippen LogP contribution in [0.4, 0.5) is 0 Å². The number of amides is 3. The van der Waals surface area contributed by atoms with Crippen LogP contribution >= 0.6 is 0 Å². The van der Waals surface area contributed by atoms with Gasteiger partial charge in [0, 0.05) is 18.3 Å². The van der Waals surface area contributed by atoms with E-state index in [2.05, 4.69) is 25.9 Å². The normalized spacial score (nSPS) is 13.6. The smallest absolute Gasteiger partial charge is 0.325 e. The van der Waals surface area contributed by atoms with Crippen LogP contribution in [0.5, 0.6) is 0 Å². The maximum absolute atomic E-state index is 12.1. The summed E-state index contributed by atoms with van der Waals surface area (Å²) in [6.45, 7) is 0.638. The summed E-state index contributed by atoms with van der Waals surface area (Å²) in [7, 11) is 0. The van der Waals surface area contributed by atoms with Crippen LogP contribution in [0.1, 0.15) is 19.0 Å². The molecule has 154 valence electrons. The second-order valence-electron chi connectivity index (χ2n) is 5.89. The number of nitrogens with one attached hydrogen (secondary N) is 4. The number of H-pyrrole nitrogens is 1. The summed E-state index contributed by atoms with van der Waals surface area (Å²) >= 11 is 0. The molecule has 8 N–H and O–H groups in total. The first-order valence-electron chi connectivity index (χ1n) is 8.15. The van der Waals surface area contributed by atoms with Gasteiger partial charge in [0.1, 0.15) is 12.1 Å². The minimum absolute atomic E-state index is 0.0860. The molecule has 0 aliphatic rings. The lowest BCUT2D eigenvalue weighted by atomic mass is 10.1. The molecule has 1 heterocycles. The molecule has 13 nitrogen and oxygen atoms in total. The van der Waals surface area contributed by atoms with Crippen LogP contribution in [0.2, 0.25) is 0 Å². The summed E-state index contributed by atoms with van der Waals surface area (Å²) < 4.78 is 0. The number of hydrogen-bond donors (Lipinski definition) is 7. The fourth-order valence-electron chi connectivity index (χ4n) is 2.03. The number of nitrogens with two attached hydrogens (primary N) is 1. The molecule has 0 radical (unpaired) electrons. The Morgan fingerprint density at radius 3 is 2.39 bits per heavy atom. The van der Waals surface area contributed by atoms with Gasteiger partial charge in [0.15, 0.2) is 0 Å². The number of hydrogen-bond acceptors (Lipinski definition) is 7. The molecule has 0 fully saturated rings. The van der Waals surface area contributed by atoms with Crippen LogP contribution < -0.4 is 21.7 Å². The highest BCUT2D eigenvalue weighted by Crippen LogP contribution is 1.99. The number of aromatic amines is 1. The first-order valence-corrected chi connectivity index (χ1v) is 8.15. The summed E-state index contributed by atoms with van der Waals surface area (Å²) in [4.78, 5) is 64.0. The highest BCUT2D eigenvalue weighted by Gasteiger charge is 2.27. The van der Waals surface area contributed by atoms with Gasteiger partial charge >= 0.3 is 11.9 Å². The highest BCUT2D eigenvalue weighted by atomic mass is 16.4. The summed E-state index contributed by atoms with van der Waals surface area (Å²) in [5.41, 5.74) is 6.31. The molecular formula is C15H22N6O7. The molecule has 3 amide bonds. The van der Waals surface area contributed by atoms with Crippen LogP contribution in [-0.2, 0) is 30.4 Å². The summed E-state index contributed by atoms with van der Waals surface area (Å²) in [5, 5.41) is 24.1. The Balaban J connectivity index is 2.61. The lowest BCUT2D eigenvalue weighted by molar-refractivity contribution is -0.142. The Hall–Kier alpha value is -3.48. The van der Waals surface area contributed by atoms with Crippen molar-refractivity contribution in [2.45, 2.75) is 37.9 Å². The zero-order valence-electron chi connectivity index (χ0n) is 15.0. The second-order valence-corrected chi connectivity index (χ2v) is 5.89. The lowest BCUT2D eigenvalue weighted by Crippen LogP contribution is -2.54. The fraction of sp³-hybridized carbons (Fsp3) is 0.467. The van der Waals surface area contributed by atoms with Crippen molar-refractivity contribution in [3.8, 4) is 0 Å². The number of carboxylic acid groups (broad SMARTS) is 2. The van der Waals surface area contributed by atoms with Gasteiger partial charge in [-0.25, -0.2) is 4.98 Å². The molecule has 0 aromatic carbocycles. The quantitative estimate of drug-likeness (QED) is 0.201. The molecule has 3 atom stereocenters. The predicted octanol–water partition coefficient (Wildman–Crippen LogP) is -3.06. The van der Waals surface area contributed by atoms with Crippen molar-refractivity contribution in [2.75, 3.05) is 6.54 Å². The van der Waals surface area contributed by atoms with E-state index in [1.54, 1.807) is 0 Å². The predicted molar refractivity (Wildman–Crippen MR) is 92.7 cm³/mol. The molecule has 28 heavy (non-hydrogen) atoms. The van der Waals surface area contributed by atoms with Gasteiger partial charge in [0.25, 0.3) is 0 Å². The Morgan fingerprint density at radius 1 is 1.18 bits per heavy atom. The topological polar surface area (TPSA) is 217 Å². The van der Waals surface area contributed by atoms with Gasteiger partial charge in [0.2, 0.25) is 17.7 Å². The summed E-state index contributed by atoms with van der Waals surface area (Å²) in [5.74, 6) is -5.10. The maximum Gasteiger partial charge on any atom is 0.325 e. The van der Waals surface area contributed by atoms with E-state index >= 15 is 0 Å². The second kappa shape index (κ2) is 10.6. The van der Waals surface area contributed by atoms with E-state index in [1.807, 2.05) is 0 Å². The number of aromatic nitrogens is 2. The molecule has 0 aliphatic carbocycles. The van der Waals surface area contributed by atoms with Gasteiger partial charge in [-0.15, -0.1) is 0 Å². The Morgan fingerprint density at radius 2 is 1.86 bits per heavy atom. The molecule has 1 aromatic heterocycles. The lowest BCUT2D eigenvalue weighted by Gasteiger charge is -2.19.